The Bertz CT molecular complexity index is 3100. The number of carbonyl (C=O) groups is 4. The number of carbonyl (C=O) groups excluding carboxylic acids is 4. The van der Waals surface area contributed by atoms with E-state index in [0.717, 1.165) is 46.7 Å². The number of hydrogen-bond donors (Lipinski definition) is 2. The van der Waals surface area contributed by atoms with E-state index in [1.807, 2.05) is 77.9 Å². The highest BCUT2D eigenvalue weighted by Gasteiger charge is 2.62. The maximum atomic E-state index is 15.4. The molecular weight excluding hydrogens is 977 g/mol. The van der Waals surface area contributed by atoms with Crippen LogP contribution in [0.25, 0.3) is 21.6 Å². The first-order valence-corrected chi connectivity index (χ1v) is 28.4. The van der Waals surface area contributed by atoms with Crippen molar-refractivity contribution in [3.8, 4) is 22.2 Å². The number of ketones is 1. The van der Waals surface area contributed by atoms with Gasteiger partial charge in [-0.15, -0.1) is 11.3 Å². The van der Waals surface area contributed by atoms with Gasteiger partial charge in [-0.3, -0.25) is 23.9 Å². The molecule has 3 amide bonds. The number of aromatic nitrogens is 3. The molecular formula is C56H66N8O8S2. The van der Waals surface area contributed by atoms with Gasteiger partial charge in [-0.25, -0.2) is 23.4 Å². The zero-order chi connectivity index (χ0) is 51.9. The number of sulfonamides is 1. The number of piperazine rings is 1. The minimum atomic E-state index is -3.99. The summed E-state index contributed by atoms with van der Waals surface area (Å²) < 4.78 is 41.0. The molecule has 5 aromatic rings. The van der Waals surface area contributed by atoms with E-state index in [1.54, 1.807) is 37.3 Å². The Morgan fingerprint density at radius 3 is 2.49 bits per heavy atom. The Hall–Kier alpha value is -6.40. The van der Waals surface area contributed by atoms with Gasteiger partial charge >= 0.3 is 0 Å². The topological polar surface area (TPSA) is 193 Å². The van der Waals surface area contributed by atoms with Crippen LogP contribution in [0.15, 0.2) is 84.4 Å². The largest absolute Gasteiger partial charge is 0.496 e. The lowest BCUT2D eigenvalue weighted by atomic mass is 9.91. The van der Waals surface area contributed by atoms with Crippen LogP contribution in [0.1, 0.15) is 113 Å². The van der Waals surface area contributed by atoms with Gasteiger partial charge in [0.2, 0.25) is 21.8 Å². The highest BCUT2D eigenvalue weighted by molar-refractivity contribution is 7.91. The van der Waals surface area contributed by atoms with Crippen molar-refractivity contribution in [2.45, 2.75) is 121 Å². The molecule has 5 aliphatic rings. The Kier molecular flexibility index (Phi) is 14.3. The van der Waals surface area contributed by atoms with Crippen LogP contribution in [0.5, 0.6) is 11.5 Å². The number of nitrogens with one attached hydrogen (secondary N) is 2. The predicted octanol–water partition coefficient (Wildman–Crippen LogP) is 8.47. The Morgan fingerprint density at radius 1 is 0.946 bits per heavy atom. The van der Waals surface area contributed by atoms with Crippen molar-refractivity contribution in [1.82, 2.24) is 29.5 Å². The normalized spacial score (nSPS) is 24.6. The molecule has 2 N–H and O–H groups in total. The number of nitrogens with zero attached hydrogens (tertiary/aromatic N) is 6. The second-order valence-corrected chi connectivity index (χ2v) is 24.4. The van der Waals surface area contributed by atoms with Gasteiger partial charge in [0.15, 0.2) is 5.78 Å². The Labute approximate surface area is 437 Å². The lowest BCUT2D eigenvalue weighted by Crippen LogP contribution is -2.49. The molecule has 16 nitrogen and oxygen atoms in total. The summed E-state index contributed by atoms with van der Waals surface area (Å²) >= 11 is 1.50. The highest BCUT2D eigenvalue weighted by atomic mass is 32.2. The number of benzene rings is 2. The van der Waals surface area contributed by atoms with E-state index >= 15 is 9.59 Å². The fourth-order valence-electron chi connectivity index (χ4n) is 10.7. The molecule has 0 unspecified atom stereocenters. The fourth-order valence-corrected chi connectivity index (χ4v) is 13.0. The van der Waals surface area contributed by atoms with Crippen molar-refractivity contribution < 1.29 is 37.1 Å². The minimum absolute atomic E-state index is 0.0642. The molecule has 0 spiro atoms. The molecule has 18 heteroatoms. The van der Waals surface area contributed by atoms with Crippen LogP contribution >= 0.6 is 11.3 Å². The van der Waals surface area contributed by atoms with Gasteiger partial charge in [0, 0.05) is 78.9 Å². The molecule has 3 aliphatic heterocycles. The maximum absolute atomic E-state index is 15.4. The number of rotatable bonds is 12. The van der Waals surface area contributed by atoms with Crippen molar-refractivity contribution in [3.63, 3.8) is 0 Å². The lowest BCUT2D eigenvalue weighted by molar-refractivity contribution is -0.139. The van der Waals surface area contributed by atoms with Gasteiger partial charge in [0.05, 0.1) is 41.1 Å². The number of amides is 3. The van der Waals surface area contributed by atoms with Crippen molar-refractivity contribution >= 4 is 67.3 Å². The van der Waals surface area contributed by atoms with Crippen molar-refractivity contribution in [3.05, 3.63) is 101 Å². The van der Waals surface area contributed by atoms with Crippen LogP contribution in [-0.4, -0.2) is 119 Å². The monoisotopic (exact) mass is 1040 g/mol. The number of Topliss-reactive ketones (excluding diaryl/α,β-unsaturated/α-hetero) is 1. The van der Waals surface area contributed by atoms with Crippen LogP contribution in [0.4, 0.5) is 11.5 Å². The average Bonchev–Trinajstić information content (AvgIpc) is 4.18. The standard InChI is InChI=1S/C56H66N8O8S2/c1-35(2)44-34-73-51(60-44)43-30-48(41-19-20-47(71-5)36(3)50(41)59-43)72-40-29-45-46(65)32-56(54(68)61-74(69,70)55(4)21-22-55)31-38(56)15-9-7-6-8-10-17-42(53(67)64(45)33-40)58-39-16-13-14-37(28-39)52(66)63-26-24-62(25-27-63)49-18-11-12-23-57-49/h9,11-16,18-20,23,28,30,34-35,38,40,42,45,58H,6-8,10,17,21-22,24-27,29,31-33H2,1-5H3,(H,61,68)/b15-9-/t38-,40+,42-,45-,56+/m0/s1. The van der Waals surface area contributed by atoms with Crippen LogP contribution in [0, 0.1) is 18.3 Å². The third-order valence-electron chi connectivity index (χ3n) is 15.8. The molecule has 2 saturated heterocycles. The average molecular weight is 1040 g/mol. The number of methoxy groups -OCH3 is 1. The summed E-state index contributed by atoms with van der Waals surface area (Å²) in [6.07, 6.45) is 9.77. The summed E-state index contributed by atoms with van der Waals surface area (Å²) in [5, 5.41) is 6.99. The molecule has 10 rings (SSSR count). The molecule has 4 fully saturated rings. The van der Waals surface area contributed by atoms with E-state index in [9.17, 15) is 18.0 Å². The molecule has 390 valence electrons. The first-order valence-electron chi connectivity index (χ1n) is 26.1. The van der Waals surface area contributed by atoms with Gasteiger partial charge in [0.1, 0.15) is 40.2 Å². The van der Waals surface area contributed by atoms with E-state index in [4.69, 9.17) is 19.4 Å². The summed E-state index contributed by atoms with van der Waals surface area (Å²) in [4.78, 5) is 79.0. The summed E-state index contributed by atoms with van der Waals surface area (Å²) in [6, 6.07) is 16.9. The van der Waals surface area contributed by atoms with Gasteiger partial charge in [-0.05, 0) is 107 Å². The lowest BCUT2D eigenvalue weighted by Gasteiger charge is -2.35. The van der Waals surface area contributed by atoms with Gasteiger partial charge in [-0.2, -0.15) is 0 Å². The number of fused-ring (bicyclic) bond motifs is 3. The first kappa shape index (κ1) is 51.1. The second-order valence-electron chi connectivity index (χ2n) is 21.3. The molecule has 2 aromatic carbocycles. The first-order chi connectivity index (χ1) is 35.6. The van der Waals surface area contributed by atoms with E-state index in [2.05, 4.69) is 33.8 Å². The molecule has 6 heterocycles. The molecule has 74 heavy (non-hydrogen) atoms. The van der Waals surface area contributed by atoms with Crippen LogP contribution < -0.4 is 24.4 Å². The van der Waals surface area contributed by atoms with E-state index in [0.29, 0.717) is 92.2 Å². The summed E-state index contributed by atoms with van der Waals surface area (Å²) in [6.45, 7) is 10.2. The van der Waals surface area contributed by atoms with Crippen molar-refractivity contribution in [2.75, 3.05) is 50.1 Å². The van der Waals surface area contributed by atoms with E-state index < -0.39 is 44.3 Å². The quantitative estimate of drug-likeness (QED) is 0.113. The predicted molar refractivity (Wildman–Crippen MR) is 286 cm³/mol. The van der Waals surface area contributed by atoms with Crippen molar-refractivity contribution in [2.24, 2.45) is 11.3 Å². The maximum Gasteiger partial charge on any atom is 0.254 e. The third-order valence-corrected chi connectivity index (χ3v) is 18.9. The van der Waals surface area contributed by atoms with Crippen LogP contribution in [0.3, 0.4) is 0 Å². The number of aryl methyl sites for hydroxylation is 1. The van der Waals surface area contributed by atoms with Gasteiger partial charge < -0.3 is 29.5 Å². The fraction of sp³-hybridized carbons (Fsp3) is 0.482. The van der Waals surface area contributed by atoms with E-state index in [-0.39, 0.29) is 48.8 Å². The molecule has 2 saturated carbocycles. The Balaban J connectivity index is 0.960. The minimum Gasteiger partial charge on any atom is -0.496 e. The molecule has 2 aliphatic carbocycles. The van der Waals surface area contributed by atoms with Crippen molar-refractivity contribution in [1.29, 1.82) is 0 Å². The second kappa shape index (κ2) is 20.7. The van der Waals surface area contributed by atoms with Gasteiger partial charge in [0.25, 0.3) is 5.91 Å². The van der Waals surface area contributed by atoms with Gasteiger partial charge in [-0.1, -0.05) is 51.0 Å². The number of thiazole rings is 1. The number of hydrogen-bond acceptors (Lipinski definition) is 14. The molecule has 0 bridgehead atoms. The Morgan fingerprint density at radius 2 is 1.76 bits per heavy atom. The molecule has 3 aromatic heterocycles. The summed E-state index contributed by atoms with van der Waals surface area (Å²) in [5.41, 5.74) is 2.87. The number of allylic oxidation sites excluding steroid dienone is 2. The summed E-state index contributed by atoms with van der Waals surface area (Å²) in [7, 11) is -2.37. The number of anilines is 2. The highest BCUT2D eigenvalue weighted by Crippen LogP contribution is 2.58. The van der Waals surface area contributed by atoms with Crippen LogP contribution in [-0.2, 0) is 24.4 Å². The number of ether oxygens (including phenoxy) is 2. The zero-order valence-corrected chi connectivity index (χ0v) is 44.5. The number of pyridine rings is 2. The van der Waals surface area contributed by atoms with E-state index in [1.165, 1.54) is 11.3 Å². The summed E-state index contributed by atoms with van der Waals surface area (Å²) in [5.74, 6) is 0.521. The molecule has 0 radical (unpaired) electrons. The smallest absolute Gasteiger partial charge is 0.254 e. The third kappa shape index (κ3) is 10.4. The van der Waals surface area contributed by atoms with Crippen LogP contribution in [0.2, 0.25) is 0 Å². The SMILES string of the molecule is COc1ccc2c(O[C@@H]3C[C@H]4C(=O)C[C@]5(C(=O)NS(=O)(=O)C6(C)CC6)C[C@@H]5/C=C\CCCCC[C@H](Nc5cccc(C(=O)N6CCN(c7ccccn7)CC6)c5)C(=O)N4C3)cc(-c3nc(C(C)C)cs3)nc2c1C. The zero-order valence-electron chi connectivity index (χ0n) is 42.8. The molecule has 5 atom stereocenters.